The highest BCUT2D eigenvalue weighted by atomic mass is 16.4. The molecule has 0 aliphatic rings. The first-order chi connectivity index (χ1) is 5.14. The van der Waals surface area contributed by atoms with E-state index in [1.807, 2.05) is 0 Å². The lowest BCUT2D eigenvalue weighted by Crippen LogP contribution is -2.61. The summed E-state index contributed by atoms with van der Waals surface area (Å²) >= 11 is 0. The summed E-state index contributed by atoms with van der Waals surface area (Å²) in [5.74, 6) is 0. The average Bonchev–Trinajstić information content (AvgIpc) is 1.86. The van der Waals surface area contributed by atoms with Gasteiger partial charge in [0.15, 0.2) is 0 Å². The maximum atomic E-state index is 9.63. The van der Waals surface area contributed by atoms with Gasteiger partial charge in [-0.05, 0) is 27.7 Å². The predicted octanol–water partition coefficient (Wildman–Crippen LogP) is -0.750. The van der Waals surface area contributed by atoms with Gasteiger partial charge in [-0.1, -0.05) is 0 Å². The summed E-state index contributed by atoms with van der Waals surface area (Å²) in [6, 6.07) is 0. The number of rotatable bonds is 3. The van der Waals surface area contributed by atoms with Crippen LogP contribution in [0.2, 0.25) is 0 Å². The molecule has 4 unspecified atom stereocenters. The van der Waals surface area contributed by atoms with Crippen LogP contribution < -0.4 is 0 Å². The number of aliphatic hydroxyl groups excluding tert-OH is 2. The average molecular weight is 178 g/mol. The highest BCUT2D eigenvalue weighted by Gasteiger charge is 2.48. The molecule has 0 aliphatic heterocycles. The molecule has 4 N–H and O–H groups in total. The molecule has 0 saturated carbocycles. The molecular weight excluding hydrogens is 160 g/mol. The summed E-state index contributed by atoms with van der Waals surface area (Å²) in [5.41, 5.74) is -3.44. The predicted molar refractivity (Wildman–Crippen MR) is 44.6 cm³/mol. The van der Waals surface area contributed by atoms with Crippen LogP contribution in [0.3, 0.4) is 0 Å². The summed E-state index contributed by atoms with van der Waals surface area (Å²) in [7, 11) is 0. The minimum absolute atomic E-state index is 1.11. The zero-order chi connectivity index (χ0) is 10.2. The Bertz CT molecular complexity index is 131. The van der Waals surface area contributed by atoms with E-state index in [-0.39, 0.29) is 0 Å². The van der Waals surface area contributed by atoms with E-state index in [9.17, 15) is 10.2 Å². The molecule has 0 amide bonds. The molecule has 12 heavy (non-hydrogen) atoms. The Kier molecular flexibility index (Phi) is 3.25. The Hall–Kier alpha value is -0.160. The molecule has 0 aromatic rings. The van der Waals surface area contributed by atoms with Gasteiger partial charge < -0.3 is 20.4 Å². The molecule has 0 saturated heterocycles. The van der Waals surface area contributed by atoms with Gasteiger partial charge >= 0.3 is 0 Å². The fourth-order valence-electron chi connectivity index (χ4n) is 0.846. The lowest BCUT2D eigenvalue weighted by Gasteiger charge is -2.42. The molecule has 0 radical (unpaired) electrons. The quantitative estimate of drug-likeness (QED) is 0.458. The second-order valence-corrected chi connectivity index (χ2v) is 3.65. The normalized spacial score (nSPS) is 27.0. The van der Waals surface area contributed by atoms with E-state index < -0.39 is 23.4 Å². The number of aliphatic hydroxyl groups is 4. The highest BCUT2D eigenvalue weighted by molar-refractivity contribution is 5.00. The van der Waals surface area contributed by atoms with Crippen LogP contribution in [-0.4, -0.2) is 43.8 Å². The maximum Gasteiger partial charge on any atom is 0.118 e. The summed E-state index contributed by atoms with van der Waals surface area (Å²) in [5, 5.41) is 37.5. The highest BCUT2D eigenvalue weighted by Crippen LogP contribution is 2.28. The fraction of sp³-hybridized carbons (Fsp3) is 1.00. The van der Waals surface area contributed by atoms with Crippen LogP contribution in [0.15, 0.2) is 0 Å². The third-order valence-electron chi connectivity index (χ3n) is 2.65. The van der Waals surface area contributed by atoms with E-state index in [1.165, 1.54) is 27.7 Å². The Labute approximate surface area is 72.5 Å². The molecule has 0 spiro atoms. The zero-order valence-electron chi connectivity index (χ0n) is 7.94. The Morgan fingerprint density at radius 1 is 0.833 bits per heavy atom. The SMILES string of the molecule is CC(O)C(C)(O)C(C)(O)C(C)O. The molecule has 0 fully saturated rings. The van der Waals surface area contributed by atoms with Gasteiger partial charge in [0.2, 0.25) is 0 Å². The largest absolute Gasteiger partial charge is 0.390 e. The molecule has 0 aromatic heterocycles. The van der Waals surface area contributed by atoms with Gasteiger partial charge in [-0.25, -0.2) is 0 Å². The topological polar surface area (TPSA) is 80.9 Å². The molecule has 0 rings (SSSR count). The van der Waals surface area contributed by atoms with Crippen LogP contribution in [-0.2, 0) is 0 Å². The molecule has 4 heteroatoms. The van der Waals surface area contributed by atoms with Gasteiger partial charge in [-0.2, -0.15) is 0 Å². The van der Waals surface area contributed by atoms with E-state index in [0.29, 0.717) is 0 Å². The van der Waals surface area contributed by atoms with Crippen LogP contribution >= 0.6 is 0 Å². The number of hydrogen-bond acceptors (Lipinski definition) is 4. The zero-order valence-corrected chi connectivity index (χ0v) is 7.94. The van der Waals surface area contributed by atoms with E-state index in [4.69, 9.17) is 10.2 Å². The third kappa shape index (κ3) is 1.77. The molecule has 0 bridgehead atoms. The first-order valence-electron chi connectivity index (χ1n) is 3.95. The summed E-state index contributed by atoms with van der Waals surface area (Å²) < 4.78 is 0. The van der Waals surface area contributed by atoms with Gasteiger partial charge in [-0.3, -0.25) is 0 Å². The minimum Gasteiger partial charge on any atom is -0.390 e. The van der Waals surface area contributed by atoms with Crippen LogP contribution in [0.5, 0.6) is 0 Å². The van der Waals surface area contributed by atoms with Crippen molar-refractivity contribution in [3.05, 3.63) is 0 Å². The number of hydrogen-bond donors (Lipinski definition) is 4. The van der Waals surface area contributed by atoms with Gasteiger partial charge in [0.25, 0.3) is 0 Å². The third-order valence-corrected chi connectivity index (χ3v) is 2.65. The van der Waals surface area contributed by atoms with E-state index in [1.54, 1.807) is 0 Å². The van der Waals surface area contributed by atoms with Crippen LogP contribution in [0.4, 0.5) is 0 Å². The first-order valence-corrected chi connectivity index (χ1v) is 3.95. The first kappa shape index (κ1) is 11.8. The van der Waals surface area contributed by atoms with Gasteiger partial charge in [0.05, 0.1) is 12.2 Å². The Morgan fingerprint density at radius 2 is 1.00 bits per heavy atom. The van der Waals surface area contributed by atoms with Crippen molar-refractivity contribution in [2.75, 3.05) is 0 Å². The van der Waals surface area contributed by atoms with E-state index in [2.05, 4.69) is 0 Å². The second kappa shape index (κ2) is 3.30. The summed E-state index contributed by atoms with van der Waals surface area (Å²) in [6.45, 7) is 5.28. The smallest absolute Gasteiger partial charge is 0.118 e. The van der Waals surface area contributed by atoms with E-state index >= 15 is 0 Å². The summed E-state index contributed by atoms with van der Waals surface area (Å²) in [4.78, 5) is 0. The summed E-state index contributed by atoms with van der Waals surface area (Å²) in [6.07, 6.45) is -2.22. The van der Waals surface area contributed by atoms with Crippen molar-refractivity contribution >= 4 is 0 Å². The van der Waals surface area contributed by atoms with Crippen molar-refractivity contribution in [1.82, 2.24) is 0 Å². The molecular formula is C8H18O4. The van der Waals surface area contributed by atoms with Crippen molar-refractivity contribution in [3.8, 4) is 0 Å². The van der Waals surface area contributed by atoms with Crippen molar-refractivity contribution in [2.24, 2.45) is 0 Å². The van der Waals surface area contributed by atoms with Crippen molar-refractivity contribution in [1.29, 1.82) is 0 Å². The van der Waals surface area contributed by atoms with Crippen LogP contribution in [0, 0.1) is 0 Å². The van der Waals surface area contributed by atoms with Crippen molar-refractivity contribution in [3.63, 3.8) is 0 Å². The van der Waals surface area contributed by atoms with Gasteiger partial charge in [-0.15, -0.1) is 0 Å². The maximum absolute atomic E-state index is 9.63. The van der Waals surface area contributed by atoms with Crippen LogP contribution in [0.25, 0.3) is 0 Å². The van der Waals surface area contributed by atoms with Crippen molar-refractivity contribution in [2.45, 2.75) is 51.1 Å². The Morgan fingerprint density at radius 3 is 1.08 bits per heavy atom. The molecule has 0 heterocycles. The fourth-order valence-corrected chi connectivity index (χ4v) is 0.846. The van der Waals surface area contributed by atoms with Crippen molar-refractivity contribution < 1.29 is 20.4 Å². The molecule has 4 atom stereocenters. The minimum atomic E-state index is -1.72. The Balaban J connectivity index is 4.75. The van der Waals surface area contributed by atoms with Crippen LogP contribution in [0.1, 0.15) is 27.7 Å². The van der Waals surface area contributed by atoms with Gasteiger partial charge in [0.1, 0.15) is 11.2 Å². The molecule has 4 nitrogen and oxygen atoms in total. The lowest BCUT2D eigenvalue weighted by atomic mass is 9.78. The molecule has 0 aliphatic carbocycles. The second-order valence-electron chi connectivity index (χ2n) is 3.65. The molecule has 0 aromatic carbocycles. The van der Waals surface area contributed by atoms with E-state index in [0.717, 1.165) is 0 Å². The lowest BCUT2D eigenvalue weighted by molar-refractivity contribution is -0.215. The standard InChI is InChI=1S/C8H18O4/c1-5(9)7(3,11)8(4,12)6(2)10/h5-6,9-12H,1-4H3. The molecule has 74 valence electrons. The monoisotopic (exact) mass is 178 g/mol. The van der Waals surface area contributed by atoms with Gasteiger partial charge in [0, 0.05) is 0 Å².